The predicted octanol–water partition coefficient (Wildman–Crippen LogP) is 6.44. The van der Waals surface area contributed by atoms with Gasteiger partial charge in [0.2, 0.25) is 12.5 Å². The molecule has 5 nitrogen and oxygen atoms in total. The summed E-state index contributed by atoms with van der Waals surface area (Å²) in [6.07, 6.45) is 10.2. The summed E-state index contributed by atoms with van der Waals surface area (Å²) >= 11 is 0. The molecule has 0 amide bonds. The van der Waals surface area contributed by atoms with Gasteiger partial charge in [-0.15, -0.1) is 0 Å². The summed E-state index contributed by atoms with van der Waals surface area (Å²) in [5, 5.41) is 2.34. The number of rotatable bonds is 9. The van der Waals surface area contributed by atoms with Crippen LogP contribution in [0.4, 0.5) is 0 Å². The third-order valence-corrected chi connectivity index (χ3v) is 7.73. The van der Waals surface area contributed by atoms with E-state index in [2.05, 4.69) is 59.3 Å². The summed E-state index contributed by atoms with van der Waals surface area (Å²) in [4.78, 5) is 0. The van der Waals surface area contributed by atoms with Gasteiger partial charge in [-0.3, -0.25) is 0 Å². The molecule has 0 fully saturated rings. The van der Waals surface area contributed by atoms with E-state index in [4.69, 9.17) is 18.9 Å². The number of unbranched alkanes of at least 4 members (excludes halogenated alkanes) is 3. The predicted molar refractivity (Wildman–Crippen MR) is 145 cm³/mol. The molecule has 0 bridgehead atoms. The van der Waals surface area contributed by atoms with Gasteiger partial charge in [0.15, 0.2) is 35.7 Å². The molecule has 37 heavy (non-hydrogen) atoms. The maximum absolute atomic E-state index is 5.85. The van der Waals surface area contributed by atoms with Crippen molar-refractivity contribution in [2.24, 2.45) is 0 Å². The van der Waals surface area contributed by atoms with Crippen LogP contribution in [0, 0.1) is 0 Å². The third-order valence-electron chi connectivity index (χ3n) is 7.73. The lowest BCUT2D eigenvalue weighted by molar-refractivity contribution is -0.686. The molecule has 2 aliphatic rings. The van der Waals surface area contributed by atoms with Crippen molar-refractivity contribution in [2.75, 3.05) is 21.0 Å². The van der Waals surface area contributed by atoms with Crippen LogP contribution in [0.2, 0.25) is 0 Å². The number of pyridine rings is 1. The van der Waals surface area contributed by atoms with Gasteiger partial charge in [0, 0.05) is 17.4 Å². The Morgan fingerprint density at radius 3 is 2.38 bits per heavy atom. The molecule has 0 atom stereocenters. The molecule has 3 aromatic carbocycles. The number of nitrogens with zero attached hydrogens (tertiary/aromatic N) is 1. The van der Waals surface area contributed by atoms with Crippen molar-refractivity contribution in [1.29, 1.82) is 0 Å². The van der Waals surface area contributed by atoms with Crippen LogP contribution in [-0.4, -0.2) is 21.0 Å². The van der Waals surface area contributed by atoms with Crippen LogP contribution in [0.1, 0.15) is 42.4 Å². The molecular formula is C32H34NO4+. The maximum atomic E-state index is 5.85. The highest BCUT2D eigenvalue weighted by Crippen LogP contribution is 2.44. The largest absolute Gasteiger partial charge is 0.493 e. The molecule has 0 N–H and O–H groups in total. The number of hydrogen-bond acceptors (Lipinski definition) is 4. The summed E-state index contributed by atoms with van der Waals surface area (Å²) < 4.78 is 25.3. The fourth-order valence-corrected chi connectivity index (χ4v) is 5.89. The molecule has 0 radical (unpaired) electrons. The second-order valence-electron chi connectivity index (χ2n) is 9.92. The van der Waals surface area contributed by atoms with Gasteiger partial charge in [0.05, 0.1) is 25.2 Å². The van der Waals surface area contributed by atoms with E-state index in [0.717, 1.165) is 60.6 Å². The summed E-state index contributed by atoms with van der Waals surface area (Å²) in [6, 6.07) is 19.4. The van der Waals surface area contributed by atoms with Gasteiger partial charge < -0.3 is 18.9 Å². The summed E-state index contributed by atoms with van der Waals surface area (Å²) in [7, 11) is 3.42. The van der Waals surface area contributed by atoms with Crippen molar-refractivity contribution in [3.8, 4) is 34.3 Å². The summed E-state index contributed by atoms with van der Waals surface area (Å²) in [6.45, 7) is 1.21. The first-order chi connectivity index (χ1) is 18.3. The molecule has 0 aliphatic carbocycles. The minimum absolute atomic E-state index is 0.294. The highest BCUT2D eigenvalue weighted by molar-refractivity contribution is 5.95. The van der Waals surface area contributed by atoms with E-state index in [-0.39, 0.29) is 0 Å². The van der Waals surface area contributed by atoms with Gasteiger partial charge in [-0.25, -0.2) is 0 Å². The van der Waals surface area contributed by atoms with Gasteiger partial charge in [0.1, 0.15) is 0 Å². The van der Waals surface area contributed by atoms with Crippen molar-refractivity contribution in [2.45, 2.75) is 51.5 Å². The van der Waals surface area contributed by atoms with Gasteiger partial charge in [-0.2, -0.15) is 4.57 Å². The Labute approximate surface area is 218 Å². The topological polar surface area (TPSA) is 40.8 Å². The first kappa shape index (κ1) is 23.7. The quantitative estimate of drug-likeness (QED) is 0.197. The van der Waals surface area contributed by atoms with Gasteiger partial charge >= 0.3 is 0 Å². The lowest BCUT2D eigenvalue weighted by atomic mass is 9.89. The van der Waals surface area contributed by atoms with Crippen LogP contribution >= 0.6 is 0 Å². The minimum atomic E-state index is 0.294. The van der Waals surface area contributed by atoms with E-state index in [1.54, 1.807) is 14.2 Å². The first-order valence-electron chi connectivity index (χ1n) is 13.3. The Balaban J connectivity index is 1.34. The SMILES string of the molecule is COc1ccc2c(CCCCCCc3ccccc3)c3[n+](cc2c1OC)CCc1cc2c(cc1-3)OCO2. The van der Waals surface area contributed by atoms with Crippen LogP contribution in [0.3, 0.4) is 0 Å². The Kier molecular flexibility index (Phi) is 6.60. The van der Waals surface area contributed by atoms with Crippen molar-refractivity contribution in [1.82, 2.24) is 0 Å². The van der Waals surface area contributed by atoms with E-state index in [0.29, 0.717) is 6.79 Å². The molecule has 0 saturated heterocycles. The Hall–Kier alpha value is -3.73. The molecule has 6 rings (SSSR count). The number of hydrogen-bond donors (Lipinski definition) is 0. The number of ether oxygens (including phenoxy) is 4. The van der Waals surface area contributed by atoms with E-state index < -0.39 is 0 Å². The van der Waals surface area contributed by atoms with E-state index in [9.17, 15) is 0 Å². The fourth-order valence-electron chi connectivity index (χ4n) is 5.89. The highest BCUT2D eigenvalue weighted by atomic mass is 16.7. The van der Waals surface area contributed by atoms with E-state index in [1.165, 1.54) is 52.6 Å². The standard InChI is InChI=1S/C32H34NO4/c1-34-28-15-14-24-25(13-9-4-3-6-10-22-11-7-5-8-12-22)31-26-19-30-29(36-21-37-30)18-23(26)16-17-33(31)20-27(24)32(28)35-2/h5,7-8,11-12,14-15,18-20H,3-4,6,9-10,13,16-17,21H2,1-2H3/q+1. The molecule has 4 aromatic rings. The van der Waals surface area contributed by atoms with Crippen molar-refractivity contribution >= 4 is 10.8 Å². The Bertz CT molecular complexity index is 1430. The Morgan fingerprint density at radius 1 is 0.811 bits per heavy atom. The third kappa shape index (κ3) is 4.48. The van der Waals surface area contributed by atoms with Crippen molar-refractivity contribution in [3.05, 3.63) is 77.5 Å². The number of aromatic nitrogens is 1. The van der Waals surface area contributed by atoms with Crippen molar-refractivity contribution < 1.29 is 23.5 Å². The van der Waals surface area contributed by atoms with Crippen LogP contribution in [0.15, 0.2) is 60.8 Å². The minimum Gasteiger partial charge on any atom is -0.493 e. The molecule has 0 unspecified atom stereocenters. The molecular weight excluding hydrogens is 462 g/mol. The zero-order valence-electron chi connectivity index (χ0n) is 21.7. The normalized spacial score (nSPS) is 13.4. The van der Waals surface area contributed by atoms with Crippen LogP contribution < -0.4 is 23.5 Å². The number of benzene rings is 3. The Morgan fingerprint density at radius 2 is 1.59 bits per heavy atom. The summed E-state index contributed by atoms with van der Waals surface area (Å²) in [5.41, 5.74) is 6.68. The second-order valence-corrected chi connectivity index (χ2v) is 9.92. The molecule has 0 saturated carbocycles. The smallest absolute Gasteiger partial charge is 0.231 e. The van der Waals surface area contributed by atoms with Crippen molar-refractivity contribution in [3.63, 3.8) is 0 Å². The summed E-state index contributed by atoms with van der Waals surface area (Å²) in [5.74, 6) is 3.27. The molecule has 1 aromatic heterocycles. The fraction of sp³-hybridized carbons (Fsp3) is 0.344. The zero-order chi connectivity index (χ0) is 25.2. The van der Waals surface area contributed by atoms with Gasteiger partial charge in [-0.1, -0.05) is 43.2 Å². The number of aryl methyl sites for hydroxylation is 4. The van der Waals surface area contributed by atoms with Crippen LogP contribution in [0.25, 0.3) is 22.0 Å². The van der Waals surface area contributed by atoms with E-state index >= 15 is 0 Å². The van der Waals surface area contributed by atoms with Gasteiger partial charge in [-0.05, 0) is 61.1 Å². The maximum Gasteiger partial charge on any atom is 0.231 e. The average molecular weight is 497 g/mol. The van der Waals surface area contributed by atoms with E-state index in [1.807, 2.05) is 6.07 Å². The van der Waals surface area contributed by atoms with Crippen LogP contribution in [-0.2, 0) is 25.8 Å². The lowest BCUT2D eigenvalue weighted by Crippen LogP contribution is -2.41. The number of methoxy groups -OCH3 is 2. The van der Waals surface area contributed by atoms with Gasteiger partial charge in [0.25, 0.3) is 0 Å². The molecule has 190 valence electrons. The zero-order valence-corrected chi connectivity index (χ0v) is 21.7. The van der Waals surface area contributed by atoms with Crippen LogP contribution in [0.5, 0.6) is 23.0 Å². The number of fused-ring (bicyclic) bond motifs is 5. The molecule has 5 heteroatoms. The second kappa shape index (κ2) is 10.3. The molecule has 0 spiro atoms. The highest BCUT2D eigenvalue weighted by Gasteiger charge is 2.32. The monoisotopic (exact) mass is 496 g/mol. The average Bonchev–Trinajstić information content (AvgIpc) is 3.40. The lowest BCUT2D eigenvalue weighted by Gasteiger charge is -2.21. The molecule has 2 aliphatic heterocycles. The first-order valence-corrected chi connectivity index (χ1v) is 13.3. The molecule has 3 heterocycles.